The highest BCUT2D eigenvalue weighted by molar-refractivity contribution is 6.37. The van der Waals surface area contributed by atoms with Crippen LogP contribution in [-0.4, -0.2) is 46.8 Å². The summed E-state index contributed by atoms with van der Waals surface area (Å²) < 4.78 is 0. The Labute approximate surface area is 168 Å². The predicted molar refractivity (Wildman–Crippen MR) is 109 cm³/mol. The summed E-state index contributed by atoms with van der Waals surface area (Å²) in [6.07, 6.45) is 3.97. The van der Waals surface area contributed by atoms with Gasteiger partial charge in [-0.15, -0.1) is 12.4 Å². The minimum absolute atomic E-state index is 0. The molecule has 3 aliphatic rings. The molecule has 2 fully saturated rings. The van der Waals surface area contributed by atoms with E-state index in [2.05, 4.69) is 11.9 Å². The van der Waals surface area contributed by atoms with Gasteiger partial charge in [-0.1, -0.05) is 23.7 Å². The lowest BCUT2D eigenvalue weighted by atomic mass is 9.89. The van der Waals surface area contributed by atoms with Crippen LogP contribution in [0.5, 0.6) is 0 Å². The van der Waals surface area contributed by atoms with Crippen LogP contribution < -0.4 is 5.73 Å². The Morgan fingerprint density at radius 3 is 2.33 bits per heavy atom. The summed E-state index contributed by atoms with van der Waals surface area (Å²) >= 11 is 6.27. The van der Waals surface area contributed by atoms with Gasteiger partial charge in [0, 0.05) is 34.5 Å². The van der Waals surface area contributed by atoms with Gasteiger partial charge in [0.2, 0.25) is 0 Å². The first-order valence-electron chi connectivity index (χ1n) is 9.08. The van der Waals surface area contributed by atoms with Gasteiger partial charge < -0.3 is 10.6 Å². The summed E-state index contributed by atoms with van der Waals surface area (Å²) in [6.45, 7) is 0. The van der Waals surface area contributed by atoms with Gasteiger partial charge in [-0.2, -0.15) is 0 Å². The maximum absolute atomic E-state index is 13.3. The number of piperidine rings is 1. The van der Waals surface area contributed by atoms with Crippen LogP contribution in [-0.2, 0) is 0 Å². The lowest BCUT2D eigenvalue weighted by Crippen LogP contribution is -2.54. The monoisotopic (exact) mass is 405 g/mol. The van der Waals surface area contributed by atoms with E-state index in [9.17, 15) is 9.59 Å². The molecule has 0 unspecified atom stereocenters. The van der Waals surface area contributed by atoms with Crippen molar-refractivity contribution < 1.29 is 9.59 Å². The van der Waals surface area contributed by atoms with E-state index in [0.29, 0.717) is 44.7 Å². The molecule has 0 aliphatic carbocycles. The SMILES string of the molecule is CN1[C@@H]2CC[C@H]1C[C@@H](N1C(=O)c3cccc4c(N)c(Cl)cc(c34)C1=O)C2.Cl. The Hall–Kier alpha value is -1.82. The van der Waals surface area contributed by atoms with Gasteiger partial charge in [-0.25, -0.2) is 0 Å². The second kappa shape index (κ2) is 6.36. The molecule has 3 aliphatic heterocycles. The second-order valence-corrected chi connectivity index (χ2v) is 8.11. The van der Waals surface area contributed by atoms with Gasteiger partial charge in [0.15, 0.2) is 0 Å². The fourth-order valence-electron chi connectivity index (χ4n) is 5.10. The number of carbonyl (C=O) groups is 2. The first-order chi connectivity index (χ1) is 12.5. The quantitative estimate of drug-likeness (QED) is 0.579. The zero-order valence-corrected chi connectivity index (χ0v) is 16.5. The van der Waals surface area contributed by atoms with Crippen molar-refractivity contribution in [1.82, 2.24) is 9.80 Å². The van der Waals surface area contributed by atoms with Gasteiger partial charge in [0.25, 0.3) is 11.8 Å². The summed E-state index contributed by atoms with van der Waals surface area (Å²) in [5, 5.41) is 1.67. The topological polar surface area (TPSA) is 66.6 Å². The predicted octanol–water partition coefficient (Wildman–Crippen LogP) is 3.72. The highest BCUT2D eigenvalue weighted by Gasteiger charge is 2.45. The second-order valence-electron chi connectivity index (χ2n) is 7.70. The Balaban J connectivity index is 0.00000180. The molecule has 2 aromatic rings. The van der Waals surface area contributed by atoms with E-state index in [1.165, 1.54) is 4.90 Å². The van der Waals surface area contributed by atoms with E-state index >= 15 is 0 Å². The number of nitrogens with zero attached hydrogens (tertiary/aromatic N) is 2. The molecule has 2 aromatic carbocycles. The van der Waals surface area contributed by atoms with E-state index in [1.54, 1.807) is 18.2 Å². The normalized spacial score (nSPS) is 27.2. The van der Waals surface area contributed by atoms with Crippen LogP contribution in [0.1, 0.15) is 46.4 Å². The van der Waals surface area contributed by atoms with Crippen LogP contribution in [0.4, 0.5) is 5.69 Å². The number of nitrogens with two attached hydrogens (primary N) is 1. The summed E-state index contributed by atoms with van der Waals surface area (Å²) in [4.78, 5) is 30.4. The molecule has 0 aromatic heterocycles. The van der Waals surface area contributed by atoms with Crippen LogP contribution in [0.15, 0.2) is 24.3 Å². The number of halogens is 2. The number of hydrogen-bond donors (Lipinski definition) is 1. The first kappa shape index (κ1) is 18.5. The molecule has 142 valence electrons. The van der Waals surface area contributed by atoms with Crippen molar-refractivity contribution in [2.24, 2.45) is 0 Å². The number of hydrogen-bond acceptors (Lipinski definition) is 4. The zero-order valence-electron chi connectivity index (χ0n) is 14.9. The molecule has 2 N–H and O–H groups in total. The third-order valence-corrected chi connectivity index (χ3v) is 6.80. The number of fused-ring (bicyclic) bond motifs is 2. The van der Waals surface area contributed by atoms with Gasteiger partial charge in [-0.3, -0.25) is 14.5 Å². The first-order valence-corrected chi connectivity index (χ1v) is 9.45. The number of carbonyl (C=O) groups excluding carboxylic acids is 2. The molecule has 2 bridgehead atoms. The molecule has 0 radical (unpaired) electrons. The molecule has 2 amide bonds. The molecule has 0 spiro atoms. The fraction of sp³-hybridized carbons (Fsp3) is 0.400. The molecule has 2 saturated heterocycles. The van der Waals surface area contributed by atoms with E-state index in [-0.39, 0.29) is 30.3 Å². The van der Waals surface area contributed by atoms with Gasteiger partial charge in [0.05, 0.1) is 16.3 Å². The minimum atomic E-state index is -0.241. The van der Waals surface area contributed by atoms with Crippen molar-refractivity contribution in [3.8, 4) is 0 Å². The number of anilines is 1. The average Bonchev–Trinajstić information content (AvgIpc) is 2.83. The van der Waals surface area contributed by atoms with E-state index in [0.717, 1.165) is 25.7 Å². The third kappa shape index (κ3) is 2.49. The third-order valence-electron chi connectivity index (χ3n) is 6.49. The molecular formula is C20H21Cl2N3O2. The largest absolute Gasteiger partial charge is 0.397 e. The van der Waals surface area contributed by atoms with Gasteiger partial charge in [0.1, 0.15) is 0 Å². The minimum Gasteiger partial charge on any atom is -0.397 e. The van der Waals surface area contributed by atoms with Crippen molar-refractivity contribution in [3.63, 3.8) is 0 Å². The molecule has 5 nitrogen and oxygen atoms in total. The highest BCUT2D eigenvalue weighted by atomic mass is 35.5. The molecule has 0 saturated carbocycles. The molecule has 3 heterocycles. The lowest BCUT2D eigenvalue weighted by Gasteiger charge is -2.42. The van der Waals surface area contributed by atoms with E-state index in [1.807, 2.05) is 6.07 Å². The smallest absolute Gasteiger partial charge is 0.261 e. The summed E-state index contributed by atoms with van der Waals surface area (Å²) in [5.74, 6) is -0.446. The zero-order chi connectivity index (χ0) is 18.2. The van der Waals surface area contributed by atoms with Crippen molar-refractivity contribution in [1.29, 1.82) is 0 Å². The summed E-state index contributed by atoms with van der Waals surface area (Å²) in [7, 11) is 2.15. The fourth-order valence-corrected chi connectivity index (χ4v) is 5.31. The number of rotatable bonds is 1. The summed E-state index contributed by atoms with van der Waals surface area (Å²) in [6, 6.07) is 7.87. The number of nitrogen functional groups attached to an aromatic ring is 1. The number of imide groups is 1. The van der Waals surface area contributed by atoms with Crippen LogP contribution >= 0.6 is 24.0 Å². The van der Waals surface area contributed by atoms with Gasteiger partial charge in [-0.05, 0) is 44.9 Å². The number of amides is 2. The maximum Gasteiger partial charge on any atom is 0.261 e. The Morgan fingerprint density at radius 2 is 1.67 bits per heavy atom. The lowest BCUT2D eigenvalue weighted by molar-refractivity contribution is 0.0397. The van der Waals surface area contributed by atoms with Crippen LogP contribution in [0.3, 0.4) is 0 Å². The van der Waals surface area contributed by atoms with Crippen molar-refractivity contribution in [3.05, 3.63) is 40.4 Å². The molecule has 7 heteroatoms. The Kier molecular flexibility index (Phi) is 4.37. The van der Waals surface area contributed by atoms with Crippen LogP contribution in [0.2, 0.25) is 5.02 Å². The molecule has 3 atom stereocenters. The van der Waals surface area contributed by atoms with Crippen LogP contribution in [0, 0.1) is 0 Å². The maximum atomic E-state index is 13.3. The summed E-state index contributed by atoms with van der Waals surface area (Å²) in [5.41, 5.74) is 7.54. The van der Waals surface area contributed by atoms with E-state index < -0.39 is 0 Å². The highest BCUT2D eigenvalue weighted by Crippen LogP contribution is 2.41. The van der Waals surface area contributed by atoms with Gasteiger partial charge >= 0.3 is 0 Å². The average molecular weight is 406 g/mol. The molecule has 5 rings (SSSR count). The molecule has 27 heavy (non-hydrogen) atoms. The molecular weight excluding hydrogens is 385 g/mol. The number of benzene rings is 2. The van der Waals surface area contributed by atoms with Crippen molar-refractivity contribution >= 4 is 52.3 Å². The van der Waals surface area contributed by atoms with Crippen molar-refractivity contribution in [2.75, 3.05) is 12.8 Å². The standard InChI is InChI=1S/C20H20ClN3O2.ClH/c1-23-10-5-6-11(23)8-12(7-10)24-19(25)14-4-2-3-13-17(14)15(20(24)26)9-16(21)18(13)22;/h2-4,9-12H,5-8,22H2,1H3;1H/t10-,11+,12+;. The Bertz CT molecular complexity index is 963. The van der Waals surface area contributed by atoms with E-state index in [4.69, 9.17) is 17.3 Å². The van der Waals surface area contributed by atoms with Crippen LogP contribution in [0.25, 0.3) is 10.8 Å². The Morgan fingerprint density at radius 1 is 1.04 bits per heavy atom. The van der Waals surface area contributed by atoms with Crippen molar-refractivity contribution in [2.45, 2.75) is 43.8 Å².